The molecule has 1 aromatic carbocycles. The number of halogens is 1. The van der Waals surface area contributed by atoms with E-state index in [4.69, 9.17) is 16.3 Å². The second kappa shape index (κ2) is 4.00. The van der Waals surface area contributed by atoms with Crippen LogP contribution in [0.15, 0.2) is 18.2 Å². The summed E-state index contributed by atoms with van der Waals surface area (Å²) in [4.78, 5) is 0. The minimum atomic E-state index is -0.979. The van der Waals surface area contributed by atoms with Gasteiger partial charge in [-0.1, -0.05) is 17.7 Å². The van der Waals surface area contributed by atoms with Crippen molar-refractivity contribution in [1.29, 1.82) is 0 Å². The van der Waals surface area contributed by atoms with E-state index in [1.807, 2.05) is 0 Å². The molecule has 2 N–H and O–H groups in total. The van der Waals surface area contributed by atoms with E-state index >= 15 is 0 Å². The molecule has 0 amide bonds. The highest BCUT2D eigenvalue weighted by atomic mass is 35.5. The number of aromatic hydroxyl groups is 1. The molecular formula is C11H13ClO3. The van der Waals surface area contributed by atoms with E-state index in [9.17, 15) is 10.2 Å². The number of phenols is 1. The monoisotopic (exact) mass is 228 g/mol. The van der Waals surface area contributed by atoms with Crippen molar-refractivity contribution in [1.82, 2.24) is 0 Å². The van der Waals surface area contributed by atoms with Gasteiger partial charge in [-0.2, -0.15) is 0 Å². The zero-order valence-corrected chi connectivity index (χ0v) is 9.00. The number of hydrogen-bond acceptors (Lipinski definition) is 3. The van der Waals surface area contributed by atoms with E-state index in [-0.39, 0.29) is 5.75 Å². The van der Waals surface area contributed by atoms with E-state index in [1.54, 1.807) is 12.1 Å². The molecule has 1 aliphatic heterocycles. The largest absolute Gasteiger partial charge is 0.508 e. The fraction of sp³-hybridized carbons (Fsp3) is 0.455. The Kier molecular flexibility index (Phi) is 2.87. The van der Waals surface area contributed by atoms with Crippen molar-refractivity contribution < 1.29 is 14.9 Å². The van der Waals surface area contributed by atoms with Gasteiger partial charge in [-0.05, 0) is 12.1 Å². The molecule has 82 valence electrons. The van der Waals surface area contributed by atoms with Gasteiger partial charge in [0.1, 0.15) is 5.75 Å². The number of rotatable bonds is 1. The van der Waals surface area contributed by atoms with Crippen molar-refractivity contribution in [2.24, 2.45) is 0 Å². The van der Waals surface area contributed by atoms with Crippen molar-refractivity contribution in [3.8, 4) is 5.75 Å². The zero-order valence-electron chi connectivity index (χ0n) is 8.24. The first-order chi connectivity index (χ1) is 7.12. The van der Waals surface area contributed by atoms with Crippen molar-refractivity contribution in [2.75, 3.05) is 13.2 Å². The molecule has 0 bridgehead atoms. The van der Waals surface area contributed by atoms with Crippen LogP contribution in [0.1, 0.15) is 18.4 Å². The molecule has 0 atom stereocenters. The van der Waals surface area contributed by atoms with Crippen molar-refractivity contribution in [2.45, 2.75) is 18.4 Å². The molecule has 4 heteroatoms. The lowest BCUT2D eigenvalue weighted by Gasteiger charge is -2.32. The maximum Gasteiger partial charge on any atom is 0.123 e. The second-order valence-corrected chi connectivity index (χ2v) is 4.24. The van der Waals surface area contributed by atoms with Crippen molar-refractivity contribution in [3.05, 3.63) is 28.8 Å². The summed E-state index contributed by atoms with van der Waals surface area (Å²) in [5.41, 5.74) is -0.442. The van der Waals surface area contributed by atoms with Crippen LogP contribution < -0.4 is 0 Å². The van der Waals surface area contributed by atoms with Gasteiger partial charge in [-0.25, -0.2) is 0 Å². The molecule has 0 radical (unpaired) electrons. The molecule has 1 heterocycles. The molecule has 0 aliphatic carbocycles. The molecule has 1 fully saturated rings. The third-order valence-corrected chi connectivity index (χ3v) is 3.02. The Morgan fingerprint density at radius 3 is 2.53 bits per heavy atom. The van der Waals surface area contributed by atoms with E-state index in [0.29, 0.717) is 36.6 Å². The zero-order chi connectivity index (χ0) is 10.9. The van der Waals surface area contributed by atoms with Crippen LogP contribution in [0.4, 0.5) is 0 Å². The van der Waals surface area contributed by atoms with Gasteiger partial charge in [-0.15, -0.1) is 0 Å². The summed E-state index contributed by atoms with van der Waals surface area (Å²) in [5, 5.41) is 20.5. The smallest absolute Gasteiger partial charge is 0.123 e. The van der Waals surface area contributed by atoms with Crippen molar-refractivity contribution in [3.63, 3.8) is 0 Å². The number of ether oxygens (including phenoxy) is 1. The third kappa shape index (κ3) is 2.09. The van der Waals surface area contributed by atoms with Crippen LogP contribution in [-0.2, 0) is 10.3 Å². The number of phenolic OH excluding ortho intramolecular Hbond substituents is 1. The Hall–Kier alpha value is -0.770. The quantitative estimate of drug-likeness (QED) is 0.774. The first kappa shape index (κ1) is 10.7. The lowest BCUT2D eigenvalue weighted by atomic mass is 9.86. The summed E-state index contributed by atoms with van der Waals surface area (Å²) < 4.78 is 5.18. The van der Waals surface area contributed by atoms with Crippen LogP contribution in [-0.4, -0.2) is 23.4 Å². The molecule has 3 nitrogen and oxygen atoms in total. The fourth-order valence-corrected chi connectivity index (χ4v) is 2.04. The first-order valence-corrected chi connectivity index (χ1v) is 5.29. The van der Waals surface area contributed by atoms with Gasteiger partial charge in [0.15, 0.2) is 0 Å². The Labute approximate surface area is 93.3 Å². The van der Waals surface area contributed by atoms with Gasteiger partial charge >= 0.3 is 0 Å². The van der Waals surface area contributed by atoms with Crippen LogP contribution in [0.3, 0.4) is 0 Å². The average molecular weight is 229 g/mol. The fourth-order valence-electron chi connectivity index (χ4n) is 1.88. The highest BCUT2D eigenvalue weighted by Crippen LogP contribution is 2.37. The Morgan fingerprint density at radius 1 is 1.27 bits per heavy atom. The Morgan fingerprint density at radius 2 is 1.93 bits per heavy atom. The highest BCUT2D eigenvalue weighted by Gasteiger charge is 2.33. The second-order valence-electron chi connectivity index (χ2n) is 3.81. The van der Waals surface area contributed by atoms with Crippen LogP contribution in [0, 0.1) is 0 Å². The summed E-state index contributed by atoms with van der Waals surface area (Å²) in [7, 11) is 0. The maximum absolute atomic E-state index is 10.3. The highest BCUT2D eigenvalue weighted by molar-refractivity contribution is 6.30. The minimum Gasteiger partial charge on any atom is -0.508 e. The number of hydrogen-bond donors (Lipinski definition) is 2. The molecule has 1 saturated heterocycles. The Bertz CT molecular complexity index is 359. The van der Waals surface area contributed by atoms with Crippen molar-refractivity contribution >= 4 is 11.6 Å². The molecule has 1 aromatic rings. The first-order valence-electron chi connectivity index (χ1n) is 4.91. The van der Waals surface area contributed by atoms with Crippen LogP contribution in [0.5, 0.6) is 5.75 Å². The van der Waals surface area contributed by atoms with E-state index < -0.39 is 5.60 Å². The SMILES string of the molecule is Oc1cc(Cl)ccc1C1(O)CCOCC1. The van der Waals surface area contributed by atoms with Crippen LogP contribution >= 0.6 is 11.6 Å². The average Bonchev–Trinajstić information content (AvgIpc) is 2.18. The van der Waals surface area contributed by atoms with Gasteiger partial charge in [0.25, 0.3) is 0 Å². The van der Waals surface area contributed by atoms with Gasteiger partial charge in [-0.3, -0.25) is 0 Å². The predicted molar refractivity (Wildman–Crippen MR) is 57.1 cm³/mol. The third-order valence-electron chi connectivity index (χ3n) is 2.78. The molecule has 2 rings (SSSR count). The molecule has 1 aliphatic rings. The van der Waals surface area contributed by atoms with E-state index in [2.05, 4.69) is 0 Å². The molecular weight excluding hydrogens is 216 g/mol. The molecule has 0 spiro atoms. The summed E-state index contributed by atoms with van der Waals surface area (Å²) in [5.74, 6) is 0.0481. The van der Waals surface area contributed by atoms with Gasteiger partial charge in [0.05, 0.1) is 5.60 Å². The van der Waals surface area contributed by atoms with Gasteiger partial charge in [0, 0.05) is 36.6 Å². The summed E-state index contributed by atoms with van der Waals surface area (Å²) in [6.45, 7) is 1.02. The van der Waals surface area contributed by atoms with Crippen LogP contribution in [0.2, 0.25) is 5.02 Å². The number of benzene rings is 1. The molecule has 0 saturated carbocycles. The number of aliphatic hydroxyl groups is 1. The summed E-state index contributed by atoms with van der Waals surface area (Å²) in [6, 6.07) is 4.79. The Balaban J connectivity index is 2.35. The standard InChI is InChI=1S/C11H13ClO3/c12-8-1-2-9(10(13)7-8)11(14)3-5-15-6-4-11/h1-2,7,13-14H,3-6H2. The molecule has 0 aromatic heterocycles. The maximum atomic E-state index is 10.3. The normalized spacial score (nSPS) is 20.1. The minimum absolute atomic E-state index is 0.0481. The predicted octanol–water partition coefficient (Wildman–Crippen LogP) is 2.04. The van der Waals surface area contributed by atoms with E-state index in [1.165, 1.54) is 6.07 Å². The lowest BCUT2D eigenvalue weighted by Crippen LogP contribution is -2.33. The van der Waals surface area contributed by atoms with E-state index in [0.717, 1.165) is 0 Å². The lowest BCUT2D eigenvalue weighted by molar-refractivity contribution is -0.0689. The topological polar surface area (TPSA) is 49.7 Å². The summed E-state index contributed by atoms with van der Waals surface area (Å²) >= 11 is 5.73. The van der Waals surface area contributed by atoms with Gasteiger partial charge in [0.2, 0.25) is 0 Å². The van der Waals surface area contributed by atoms with Crippen LogP contribution in [0.25, 0.3) is 0 Å². The summed E-state index contributed by atoms with van der Waals surface area (Å²) in [6.07, 6.45) is 1.00. The van der Waals surface area contributed by atoms with Gasteiger partial charge < -0.3 is 14.9 Å². The molecule has 0 unspecified atom stereocenters. The molecule has 15 heavy (non-hydrogen) atoms.